The van der Waals surface area contributed by atoms with Crippen molar-refractivity contribution in [1.29, 1.82) is 0 Å². The second-order valence-electron chi connectivity index (χ2n) is 5.86. The number of hydrogen-bond acceptors (Lipinski definition) is 7. The first kappa shape index (κ1) is 20.8. The van der Waals surface area contributed by atoms with Gasteiger partial charge in [-0.25, -0.2) is 0 Å². The number of methoxy groups -OCH3 is 1. The van der Waals surface area contributed by atoms with Crippen LogP contribution in [0.3, 0.4) is 0 Å². The van der Waals surface area contributed by atoms with Crippen molar-refractivity contribution < 1.29 is 44.7 Å². The molecule has 0 spiro atoms. The van der Waals surface area contributed by atoms with Crippen molar-refractivity contribution in [3.63, 3.8) is 0 Å². The first-order chi connectivity index (χ1) is 12.6. The number of rotatable bonds is 4. The molecule has 0 aromatic heterocycles. The average molecular weight is 433 g/mol. The summed E-state index contributed by atoms with van der Waals surface area (Å²) in [5.74, 6) is 0. The van der Waals surface area contributed by atoms with Crippen LogP contribution in [0.2, 0.25) is 0 Å². The molecule has 0 aliphatic carbocycles. The van der Waals surface area contributed by atoms with Crippen LogP contribution in [-0.4, -0.2) is 57.6 Å². The summed E-state index contributed by atoms with van der Waals surface area (Å²) >= 11 is 6.24. The molecule has 152 valence electrons. The Labute approximate surface area is 158 Å². The van der Waals surface area contributed by atoms with E-state index in [2.05, 4.69) is 4.18 Å². The molecule has 0 radical (unpaired) electrons. The van der Waals surface area contributed by atoms with Crippen LogP contribution in [0.4, 0.5) is 13.2 Å². The summed E-state index contributed by atoms with van der Waals surface area (Å²) in [7, 11) is -4.78. The minimum atomic E-state index is -5.91. The third kappa shape index (κ3) is 4.24. The number of fused-ring (bicyclic) bond motifs is 1. The maximum absolute atomic E-state index is 12.7. The Bertz CT molecular complexity index is 746. The van der Waals surface area contributed by atoms with Gasteiger partial charge in [-0.3, -0.25) is 4.18 Å². The van der Waals surface area contributed by atoms with Gasteiger partial charge in [0.25, 0.3) is 0 Å². The zero-order valence-corrected chi connectivity index (χ0v) is 15.4. The van der Waals surface area contributed by atoms with Crippen LogP contribution in [-0.2, 0) is 33.2 Å². The number of benzene rings is 1. The van der Waals surface area contributed by atoms with E-state index < -0.39 is 51.9 Å². The van der Waals surface area contributed by atoms with Crippen LogP contribution in [0.1, 0.15) is 11.9 Å². The van der Waals surface area contributed by atoms with Crippen molar-refractivity contribution in [1.82, 2.24) is 0 Å². The van der Waals surface area contributed by atoms with E-state index in [0.717, 1.165) is 7.11 Å². The van der Waals surface area contributed by atoms with Crippen LogP contribution in [0.25, 0.3) is 0 Å². The fourth-order valence-corrected chi connectivity index (χ4v) is 3.87. The first-order valence-corrected chi connectivity index (χ1v) is 9.62. The maximum Gasteiger partial charge on any atom is 0.523 e. The van der Waals surface area contributed by atoms with Gasteiger partial charge in [-0.15, -0.1) is 11.6 Å². The van der Waals surface area contributed by atoms with Gasteiger partial charge in [0.05, 0.1) is 12.0 Å². The Morgan fingerprint density at radius 3 is 2.44 bits per heavy atom. The van der Waals surface area contributed by atoms with Crippen LogP contribution in [0.15, 0.2) is 30.3 Å². The van der Waals surface area contributed by atoms with Gasteiger partial charge in [-0.05, 0) is 0 Å². The van der Waals surface area contributed by atoms with Crippen LogP contribution in [0, 0.1) is 0 Å². The Kier molecular flexibility index (Phi) is 6.02. The molecule has 0 saturated carbocycles. The second kappa shape index (κ2) is 7.82. The monoisotopic (exact) mass is 432 g/mol. The average Bonchev–Trinajstić information content (AvgIpc) is 2.63. The highest BCUT2D eigenvalue weighted by Gasteiger charge is 2.56. The fourth-order valence-electron chi connectivity index (χ4n) is 2.80. The summed E-state index contributed by atoms with van der Waals surface area (Å²) in [5.41, 5.74) is -4.95. The first-order valence-electron chi connectivity index (χ1n) is 7.78. The highest BCUT2D eigenvalue weighted by atomic mass is 35.5. The minimum absolute atomic E-state index is 0.0199. The van der Waals surface area contributed by atoms with Gasteiger partial charge >= 0.3 is 15.6 Å². The molecule has 3 rings (SSSR count). The van der Waals surface area contributed by atoms with Gasteiger partial charge in [0.2, 0.25) is 0 Å². The fraction of sp³-hybridized carbons (Fsp3) is 0.600. The Hall–Kier alpha value is -0.950. The molecule has 1 aromatic carbocycles. The van der Waals surface area contributed by atoms with E-state index in [0.29, 0.717) is 5.56 Å². The van der Waals surface area contributed by atoms with Gasteiger partial charge < -0.3 is 18.9 Å². The number of hydrogen-bond donors (Lipinski definition) is 0. The Morgan fingerprint density at radius 1 is 1.19 bits per heavy atom. The molecule has 2 heterocycles. The Morgan fingerprint density at radius 2 is 1.85 bits per heavy atom. The van der Waals surface area contributed by atoms with E-state index in [9.17, 15) is 21.6 Å². The van der Waals surface area contributed by atoms with Gasteiger partial charge in [0, 0.05) is 12.7 Å². The zero-order valence-electron chi connectivity index (χ0n) is 13.8. The van der Waals surface area contributed by atoms with E-state index in [1.165, 1.54) is 0 Å². The third-order valence-electron chi connectivity index (χ3n) is 4.09. The number of alkyl halides is 4. The summed E-state index contributed by atoms with van der Waals surface area (Å²) in [6.07, 6.45) is -5.81. The van der Waals surface area contributed by atoms with Gasteiger partial charge in [-0.2, -0.15) is 21.6 Å². The topological polar surface area (TPSA) is 80.3 Å². The smallest absolute Gasteiger partial charge is 0.353 e. The lowest BCUT2D eigenvalue weighted by Crippen LogP contribution is -2.61. The van der Waals surface area contributed by atoms with Crippen molar-refractivity contribution in [3.8, 4) is 0 Å². The second-order valence-corrected chi connectivity index (χ2v) is 7.93. The van der Waals surface area contributed by atoms with Crippen molar-refractivity contribution in [2.45, 2.75) is 41.8 Å². The normalized spacial score (nSPS) is 34.9. The number of ether oxygens (including phenoxy) is 4. The van der Waals surface area contributed by atoms with Crippen molar-refractivity contribution >= 4 is 21.7 Å². The van der Waals surface area contributed by atoms with Crippen LogP contribution in [0.5, 0.6) is 0 Å². The minimum Gasteiger partial charge on any atom is -0.353 e. The zero-order chi connectivity index (χ0) is 19.8. The number of halogens is 4. The van der Waals surface area contributed by atoms with Gasteiger partial charge in [-0.1, -0.05) is 30.3 Å². The predicted molar refractivity (Wildman–Crippen MR) is 85.2 cm³/mol. The summed E-state index contributed by atoms with van der Waals surface area (Å²) in [6.45, 7) is 0.0199. The molecule has 2 aliphatic heterocycles. The highest BCUT2D eigenvalue weighted by Crippen LogP contribution is 2.39. The van der Waals surface area contributed by atoms with E-state index in [-0.39, 0.29) is 6.61 Å². The molecule has 6 atom stereocenters. The van der Waals surface area contributed by atoms with Crippen LogP contribution >= 0.6 is 11.6 Å². The third-order valence-corrected chi connectivity index (χ3v) is 5.63. The molecular weight excluding hydrogens is 417 g/mol. The molecule has 27 heavy (non-hydrogen) atoms. The highest BCUT2D eigenvalue weighted by molar-refractivity contribution is 7.87. The van der Waals surface area contributed by atoms with E-state index in [4.69, 9.17) is 30.5 Å². The lowest BCUT2D eigenvalue weighted by atomic mass is 10.0. The molecule has 1 aromatic rings. The van der Waals surface area contributed by atoms with E-state index in [1.807, 2.05) is 0 Å². The molecule has 2 aliphatic rings. The maximum atomic E-state index is 12.7. The Balaban J connectivity index is 1.81. The molecule has 0 bridgehead atoms. The van der Waals surface area contributed by atoms with E-state index in [1.54, 1.807) is 30.3 Å². The molecule has 7 nitrogen and oxygen atoms in total. The largest absolute Gasteiger partial charge is 0.523 e. The molecule has 2 fully saturated rings. The predicted octanol–water partition coefficient (Wildman–Crippen LogP) is 2.31. The molecular formula is C15H16ClF3O7S. The van der Waals surface area contributed by atoms with Crippen molar-refractivity contribution in [3.05, 3.63) is 35.9 Å². The lowest BCUT2D eigenvalue weighted by molar-refractivity contribution is -0.328. The van der Waals surface area contributed by atoms with E-state index >= 15 is 0 Å². The van der Waals surface area contributed by atoms with Crippen molar-refractivity contribution in [2.24, 2.45) is 0 Å². The van der Waals surface area contributed by atoms with Gasteiger partial charge in [0.1, 0.15) is 18.3 Å². The molecule has 0 N–H and O–H groups in total. The lowest BCUT2D eigenvalue weighted by Gasteiger charge is -2.46. The SMILES string of the molecule is COC1O[C@@H]2CO[C@@H](c3ccccc3)O[C@H]2[C@H](Cl)[C@H]1OS(=O)(=O)C(F)(F)F. The summed E-state index contributed by atoms with van der Waals surface area (Å²) in [4.78, 5) is 0. The van der Waals surface area contributed by atoms with Crippen LogP contribution < -0.4 is 0 Å². The molecule has 12 heteroatoms. The quantitative estimate of drug-likeness (QED) is 0.410. The standard InChI is InChI=1S/C15H16ClF3O7S/c1-22-14-12(26-27(20,21)15(17,18)19)10(16)11-9(24-14)7-23-13(25-11)8-5-3-2-4-6-8/h2-6,9-14H,7H2,1H3/t9-,10+,11-,12-,13-,14?/m1/s1. The summed E-state index contributed by atoms with van der Waals surface area (Å²) < 4.78 is 86.8. The van der Waals surface area contributed by atoms with Gasteiger partial charge in [0.15, 0.2) is 12.6 Å². The summed E-state index contributed by atoms with van der Waals surface area (Å²) in [5, 5.41) is -1.30. The van der Waals surface area contributed by atoms with Crippen molar-refractivity contribution in [2.75, 3.05) is 13.7 Å². The molecule has 1 unspecified atom stereocenters. The summed E-state index contributed by atoms with van der Waals surface area (Å²) in [6, 6.07) is 8.77. The molecule has 0 amide bonds. The molecule has 2 saturated heterocycles.